The Balaban J connectivity index is 2.09. The lowest BCUT2D eigenvalue weighted by molar-refractivity contribution is 1.51. The number of benzene rings is 3. The molecule has 0 bridgehead atoms. The summed E-state index contributed by atoms with van der Waals surface area (Å²) in [5.41, 5.74) is 2.20. The van der Waals surface area contributed by atoms with Crippen molar-refractivity contribution < 1.29 is 0 Å². The van der Waals surface area contributed by atoms with Crippen LogP contribution in [0.4, 0.5) is 11.4 Å². The highest BCUT2D eigenvalue weighted by atomic mass is 32.1. The van der Waals surface area contributed by atoms with Gasteiger partial charge in [0.05, 0.1) is 0 Å². The van der Waals surface area contributed by atoms with Gasteiger partial charge in [0.1, 0.15) is 0 Å². The van der Waals surface area contributed by atoms with E-state index in [4.69, 9.17) is 0 Å². The Morgan fingerprint density at radius 1 is 0.778 bits per heavy atom. The third-order valence-corrected chi connectivity index (χ3v) is 3.20. The fourth-order valence-electron chi connectivity index (χ4n) is 2.05. The van der Waals surface area contributed by atoms with E-state index in [0.717, 1.165) is 16.3 Å². The second kappa shape index (κ2) is 4.75. The molecular weight excluding hydrogens is 238 g/mol. The van der Waals surface area contributed by atoms with E-state index in [9.17, 15) is 0 Å². The van der Waals surface area contributed by atoms with Crippen molar-refractivity contribution in [3.63, 3.8) is 0 Å². The highest BCUT2D eigenvalue weighted by Crippen LogP contribution is 2.28. The summed E-state index contributed by atoms with van der Waals surface area (Å²) in [6.45, 7) is 0. The molecule has 0 saturated carbocycles. The van der Waals surface area contributed by atoms with E-state index >= 15 is 0 Å². The highest BCUT2D eigenvalue weighted by Gasteiger charge is 2.01. The molecule has 0 fully saturated rings. The molecule has 3 aromatic rings. The van der Waals surface area contributed by atoms with Crippen LogP contribution < -0.4 is 5.32 Å². The topological polar surface area (TPSA) is 12.0 Å². The van der Waals surface area contributed by atoms with Crippen molar-refractivity contribution in [2.24, 2.45) is 0 Å². The zero-order valence-electron chi connectivity index (χ0n) is 9.80. The number of hydrogen-bond donors (Lipinski definition) is 2. The Hall–Kier alpha value is -1.93. The molecule has 3 rings (SSSR count). The molecule has 0 atom stereocenters. The predicted octanol–water partition coefficient (Wildman–Crippen LogP) is 4.87. The van der Waals surface area contributed by atoms with Crippen molar-refractivity contribution in [1.82, 2.24) is 0 Å². The summed E-state index contributed by atoms with van der Waals surface area (Å²) in [5, 5.41) is 5.85. The first-order valence-corrected chi connectivity index (χ1v) is 6.31. The van der Waals surface area contributed by atoms with E-state index in [1.807, 2.05) is 24.3 Å². The first-order chi connectivity index (χ1) is 8.83. The molecule has 0 aliphatic heterocycles. The minimum atomic E-state index is 0.977. The molecule has 0 radical (unpaired) electrons. The highest BCUT2D eigenvalue weighted by molar-refractivity contribution is 7.80. The number of nitrogens with one attached hydrogen (secondary N) is 1. The largest absolute Gasteiger partial charge is 0.355 e. The standard InChI is InChI=1S/C16H13NS/c18-14-10-9-12-5-4-8-16(15(12)11-14)17-13-6-2-1-3-7-13/h1-11,17-18H. The van der Waals surface area contributed by atoms with Crippen molar-refractivity contribution in [2.45, 2.75) is 4.90 Å². The molecule has 0 unspecified atom stereocenters. The van der Waals surface area contributed by atoms with E-state index in [-0.39, 0.29) is 0 Å². The first-order valence-electron chi connectivity index (χ1n) is 5.87. The summed E-state index contributed by atoms with van der Waals surface area (Å²) >= 11 is 4.41. The Morgan fingerprint density at radius 3 is 2.44 bits per heavy atom. The zero-order chi connectivity index (χ0) is 12.4. The molecule has 0 aliphatic rings. The van der Waals surface area contributed by atoms with Crippen LogP contribution >= 0.6 is 12.6 Å². The third kappa shape index (κ3) is 2.20. The van der Waals surface area contributed by atoms with Crippen LogP contribution in [0.25, 0.3) is 10.8 Å². The van der Waals surface area contributed by atoms with Crippen LogP contribution in [0.15, 0.2) is 71.6 Å². The van der Waals surface area contributed by atoms with Gasteiger partial charge in [0.15, 0.2) is 0 Å². The van der Waals surface area contributed by atoms with Gasteiger partial charge in [-0.1, -0.05) is 36.4 Å². The number of anilines is 2. The fraction of sp³-hybridized carbons (Fsp3) is 0. The zero-order valence-corrected chi connectivity index (χ0v) is 10.7. The molecule has 3 aromatic carbocycles. The van der Waals surface area contributed by atoms with Gasteiger partial charge < -0.3 is 5.32 Å². The number of hydrogen-bond acceptors (Lipinski definition) is 2. The van der Waals surface area contributed by atoms with Gasteiger partial charge in [-0.25, -0.2) is 0 Å². The van der Waals surface area contributed by atoms with Crippen LogP contribution in [0.2, 0.25) is 0 Å². The predicted molar refractivity (Wildman–Crippen MR) is 80.9 cm³/mol. The maximum atomic E-state index is 4.41. The van der Waals surface area contributed by atoms with E-state index in [1.54, 1.807) is 0 Å². The normalized spacial score (nSPS) is 10.5. The lowest BCUT2D eigenvalue weighted by Gasteiger charge is -2.10. The van der Waals surface area contributed by atoms with Gasteiger partial charge >= 0.3 is 0 Å². The van der Waals surface area contributed by atoms with Gasteiger partial charge in [0.25, 0.3) is 0 Å². The Kier molecular flexibility index (Phi) is 2.95. The van der Waals surface area contributed by atoms with E-state index in [1.165, 1.54) is 10.8 Å². The maximum absolute atomic E-state index is 4.41. The van der Waals surface area contributed by atoms with Crippen LogP contribution in [-0.4, -0.2) is 0 Å². The molecule has 0 saturated heterocycles. The SMILES string of the molecule is Sc1ccc2cccc(Nc3ccccc3)c2c1. The molecule has 2 heteroatoms. The average Bonchev–Trinajstić information content (AvgIpc) is 2.41. The van der Waals surface area contributed by atoms with Crippen molar-refractivity contribution in [1.29, 1.82) is 0 Å². The first kappa shape index (κ1) is 11.2. The summed E-state index contributed by atoms with van der Waals surface area (Å²) in [5.74, 6) is 0. The van der Waals surface area contributed by atoms with Crippen LogP contribution in [0.3, 0.4) is 0 Å². The van der Waals surface area contributed by atoms with E-state index in [2.05, 4.69) is 60.4 Å². The summed E-state index contributed by atoms with van der Waals surface area (Å²) in [7, 11) is 0. The Morgan fingerprint density at radius 2 is 1.61 bits per heavy atom. The van der Waals surface area contributed by atoms with E-state index in [0.29, 0.717) is 0 Å². The number of rotatable bonds is 2. The van der Waals surface area contributed by atoms with Crippen LogP contribution in [0.1, 0.15) is 0 Å². The lowest BCUT2D eigenvalue weighted by Crippen LogP contribution is -1.90. The Bertz CT molecular complexity index is 677. The lowest BCUT2D eigenvalue weighted by atomic mass is 10.1. The molecule has 0 heterocycles. The van der Waals surface area contributed by atoms with Crippen molar-refractivity contribution in [2.75, 3.05) is 5.32 Å². The van der Waals surface area contributed by atoms with Crippen molar-refractivity contribution in [3.05, 3.63) is 66.7 Å². The maximum Gasteiger partial charge on any atom is 0.0464 e. The monoisotopic (exact) mass is 251 g/mol. The van der Waals surface area contributed by atoms with Crippen molar-refractivity contribution in [3.8, 4) is 0 Å². The molecular formula is C16H13NS. The smallest absolute Gasteiger partial charge is 0.0464 e. The number of fused-ring (bicyclic) bond motifs is 1. The molecule has 0 spiro atoms. The van der Waals surface area contributed by atoms with Gasteiger partial charge in [-0.2, -0.15) is 0 Å². The average molecular weight is 251 g/mol. The molecule has 88 valence electrons. The fourth-order valence-corrected chi connectivity index (χ4v) is 2.25. The molecule has 1 N–H and O–H groups in total. The second-order valence-corrected chi connectivity index (χ2v) is 4.72. The van der Waals surface area contributed by atoms with Crippen LogP contribution in [-0.2, 0) is 0 Å². The summed E-state index contributed by atoms with van der Waals surface area (Å²) in [4.78, 5) is 0.977. The number of thiol groups is 1. The minimum Gasteiger partial charge on any atom is -0.355 e. The number of para-hydroxylation sites is 1. The summed E-state index contributed by atoms with van der Waals surface area (Å²) in [6.07, 6.45) is 0. The molecule has 1 nitrogen and oxygen atoms in total. The molecule has 0 aliphatic carbocycles. The quantitative estimate of drug-likeness (QED) is 0.619. The van der Waals surface area contributed by atoms with Crippen molar-refractivity contribution >= 4 is 34.8 Å². The Labute approximate surface area is 112 Å². The van der Waals surface area contributed by atoms with E-state index < -0.39 is 0 Å². The van der Waals surface area contributed by atoms with Gasteiger partial charge in [-0.15, -0.1) is 12.6 Å². The van der Waals surface area contributed by atoms with Gasteiger partial charge in [-0.3, -0.25) is 0 Å². The second-order valence-electron chi connectivity index (χ2n) is 4.20. The molecule has 0 amide bonds. The summed E-state index contributed by atoms with van der Waals surface area (Å²) in [6, 6.07) is 22.6. The minimum absolute atomic E-state index is 0.977. The summed E-state index contributed by atoms with van der Waals surface area (Å²) < 4.78 is 0. The van der Waals surface area contributed by atoms with Crippen LogP contribution in [0, 0.1) is 0 Å². The molecule has 0 aromatic heterocycles. The van der Waals surface area contributed by atoms with Gasteiger partial charge in [0, 0.05) is 21.7 Å². The van der Waals surface area contributed by atoms with Crippen LogP contribution in [0.5, 0.6) is 0 Å². The van der Waals surface area contributed by atoms with Gasteiger partial charge in [-0.05, 0) is 35.7 Å². The van der Waals surface area contributed by atoms with Gasteiger partial charge in [0.2, 0.25) is 0 Å². The molecule has 18 heavy (non-hydrogen) atoms. The third-order valence-electron chi connectivity index (χ3n) is 2.92.